The van der Waals surface area contributed by atoms with Crippen molar-refractivity contribution in [3.63, 3.8) is 0 Å². The third kappa shape index (κ3) is 8.96. The van der Waals surface area contributed by atoms with Gasteiger partial charge in [-0.3, -0.25) is 4.79 Å². The van der Waals surface area contributed by atoms with E-state index in [1.165, 1.54) is 31.4 Å². The number of rotatable bonds is 10. The molecule has 1 unspecified atom stereocenters. The summed E-state index contributed by atoms with van der Waals surface area (Å²) in [6.07, 6.45) is 2.24. The third-order valence-electron chi connectivity index (χ3n) is 6.72. The number of sulfone groups is 1. The molecule has 0 bridgehead atoms. The molecule has 11 heteroatoms. The van der Waals surface area contributed by atoms with Crippen LogP contribution in [0.2, 0.25) is 0 Å². The van der Waals surface area contributed by atoms with Crippen LogP contribution in [0.1, 0.15) is 43.4 Å². The highest BCUT2D eigenvalue weighted by atomic mass is 35.5. The Morgan fingerprint density at radius 1 is 1.08 bits per heavy atom. The lowest BCUT2D eigenvalue weighted by atomic mass is 10.0. The molecule has 8 nitrogen and oxygen atoms in total. The summed E-state index contributed by atoms with van der Waals surface area (Å²) in [6.45, 7) is 4.84. The Labute approximate surface area is 230 Å². The van der Waals surface area contributed by atoms with Crippen molar-refractivity contribution < 1.29 is 31.9 Å². The Balaban J connectivity index is 0.00000507. The number of hydrogen-bond acceptors (Lipinski definition) is 7. The Kier molecular flexibility index (Phi) is 12.0. The second-order valence-corrected chi connectivity index (χ2v) is 11.3. The molecule has 210 valence electrons. The topological polar surface area (TPSA) is 93.2 Å². The van der Waals surface area contributed by atoms with Crippen LogP contribution in [-0.2, 0) is 30.5 Å². The number of likely N-dealkylation sites (N-methyl/N-ethyl adjacent to an activating group) is 1. The van der Waals surface area contributed by atoms with E-state index in [4.69, 9.17) is 4.74 Å². The molecule has 1 atom stereocenters. The highest BCUT2D eigenvalue weighted by Crippen LogP contribution is 2.25. The van der Waals surface area contributed by atoms with Crippen LogP contribution in [0.4, 0.5) is 9.18 Å². The number of ether oxygens (including phenoxy) is 2. The Bertz CT molecular complexity index is 1150. The molecule has 1 aliphatic rings. The Morgan fingerprint density at radius 3 is 2.21 bits per heavy atom. The fourth-order valence-electron chi connectivity index (χ4n) is 4.66. The summed E-state index contributed by atoms with van der Waals surface area (Å²) in [5.41, 5.74) is 1.49. The molecule has 1 heterocycles. The largest absolute Gasteiger partial charge is 0.508 e. The summed E-state index contributed by atoms with van der Waals surface area (Å²) in [6, 6.07) is 12.5. The Morgan fingerprint density at radius 2 is 1.68 bits per heavy atom. The van der Waals surface area contributed by atoms with Crippen LogP contribution in [-0.4, -0.2) is 75.9 Å². The van der Waals surface area contributed by atoms with Gasteiger partial charge in [-0.15, -0.1) is 12.4 Å². The molecule has 1 fully saturated rings. The predicted molar refractivity (Wildman–Crippen MR) is 145 cm³/mol. The normalized spacial score (nSPS) is 15.3. The molecule has 2 aromatic carbocycles. The zero-order valence-corrected chi connectivity index (χ0v) is 23.6. The highest BCUT2D eigenvalue weighted by Gasteiger charge is 2.28. The van der Waals surface area contributed by atoms with Crippen molar-refractivity contribution in [1.29, 1.82) is 0 Å². The quantitative estimate of drug-likeness (QED) is 0.390. The summed E-state index contributed by atoms with van der Waals surface area (Å²) in [5.74, 6) is -0.334. The molecule has 1 saturated heterocycles. The number of benzene rings is 2. The monoisotopic (exact) mass is 570 g/mol. The van der Waals surface area contributed by atoms with E-state index in [1.54, 1.807) is 24.3 Å². The number of halogens is 2. The summed E-state index contributed by atoms with van der Waals surface area (Å²) in [7, 11) is -2.02. The Hall–Kier alpha value is -2.69. The van der Waals surface area contributed by atoms with Crippen LogP contribution in [0.15, 0.2) is 53.4 Å². The first-order valence-corrected chi connectivity index (χ1v) is 14.3. The van der Waals surface area contributed by atoms with E-state index in [0.717, 1.165) is 37.8 Å². The summed E-state index contributed by atoms with van der Waals surface area (Å²) >= 11 is 0. The summed E-state index contributed by atoms with van der Waals surface area (Å²) in [5, 5.41) is 0. The number of hydrogen-bond donors (Lipinski definition) is 0. The van der Waals surface area contributed by atoms with E-state index in [1.807, 2.05) is 11.8 Å². The lowest BCUT2D eigenvalue weighted by Gasteiger charge is -2.38. The average molecular weight is 571 g/mol. The lowest BCUT2D eigenvalue weighted by molar-refractivity contribution is -0.133. The van der Waals surface area contributed by atoms with Crippen molar-refractivity contribution in [2.75, 3.05) is 39.5 Å². The molecular formula is C27H36ClFN2O6S. The first-order chi connectivity index (χ1) is 17.6. The summed E-state index contributed by atoms with van der Waals surface area (Å²) < 4.78 is 46.7. The van der Waals surface area contributed by atoms with Crippen LogP contribution in [0, 0.1) is 5.82 Å². The van der Waals surface area contributed by atoms with Gasteiger partial charge >= 0.3 is 6.16 Å². The lowest BCUT2D eigenvalue weighted by Crippen LogP contribution is -2.48. The summed E-state index contributed by atoms with van der Waals surface area (Å²) in [4.78, 5) is 29.2. The molecule has 3 rings (SSSR count). The zero-order valence-electron chi connectivity index (χ0n) is 22.0. The van der Waals surface area contributed by atoms with Gasteiger partial charge in [-0.25, -0.2) is 17.6 Å². The van der Waals surface area contributed by atoms with Gasteiger partial charge in [0.15, 0.2) is 9.84 Å². The van der Waals surface area contributed by atoms with Gasteiger partial charge in [0, 0.05) is 44.9 Å². The van der Waals surface area contributed by atoms with E-state index in [2.05, 4.69) is 9.64 Å². The standard InChI is InChI=1S/C27H35FN2O6S.ClH/c1-4-30(26(31)19-20-5-11-24(12-6-20)37(3,33)34)23-13-16-29(17-14-23)18-15-25(36-27(32)35-2)21-7-9-22(28)10-8-21;/h5-12,23,25H,4,13-19H2,1-3H3;1H. The van der Waals surface area contributed by atoms with Crippen molar-refractivity contribution in [2.24, 2.45) is 0 Å². The first kappa shape index (κ1) is 31.5. The molecule has 0 aliphatic carbocycles. The molecule has 0 saturated carbocycles. The number of carbonyl (C=O) groups is 2. The van der Waals surface area contributed by atoms with Crippen molar-refractivity contribution in [2.45, 2.75) is 49.6 Å². The first-order valence-electron chi connectivity index (χ1n) is 12.4. The number of likely N-dealkylation sites (tertiary alicyclic amines) is 1. The van der Waals surface area contributed by atoms with Crippen LogP contribution in [0.5, 0.6) is 0 Å². The van der Waals surface area contributed by atoms with Gasteiger partial charge in [0.05, 0.1) is 18.4 Å². The SMILES string of the molecule is CCN(C(=O)Cc1ccc(S(C)(=O)=O)cc1)C1CCN(CCC(OC(=O)OC)c2ccc(F)cc2)CC1.Cl. The van der Waals surface area contributed by atoms with Crippen LogP contribution >= 0.6 is 12.4 Å². The minimum Gasteiger partial charge on any atom is -0.438 e. The third-order valence-corrected chi connectivity index (χ3v) is 7.85. The van der Waals surface area contributed by atoms with Gasteiger partial charge in [-0.2, -0.15) is 0 Å². The number of methoxy groups -OCH3 is 1. The second kappa shape index (κ2) is 14.5. The molecule has 0 radical (unpaired) electrons. The van der Waals surface area contributed by atoms with Gasteiger partial charge in [-0.05, 0) is 55.2 Å². The molecule has 38 heavy (non-hydrogen) atoms. The fraction of sp³-hybridized carbons (Fsp3) is 0.481. The molecule has 0 N–H and O–H groups in total. The van der Waals surface area contributed by atoms with Crippen molar-refractivity contribution in [1.82, 2.24) is 9.80 Å². The van der Waals surface area contributed by atoms with Gasteiger partial charge < -0.3 is 19.3 Å². The van der Waals surface area contributed by atoms with Crippen LogP contribution in [0.3, 0.4) is 0 Å². The average Bonchev–Trinajstić information content (AvgIpc) is 2.88. The van der Waals surface area contributed by atoms with Crippen LogP contribution < -0.4 is 0 Å². The number of amides is 1. The molecular weight excluding hydrogens is 535 g/mol. The molecule has 2 aromatic rings. The maximum absolute atomic E-state index is 13.3. The van der Waals surface area contributed by atoms with E-state index in [0.29, 0.717) is 25.1 Å². The number of piperidine rings is 1. The van der Waals surface area contributed by atoms with E-state index in [9.17, 15) is 22.4 Å². The predicted octanol–water partition coefficient (Wildman–Crippen LogP) is 4.42. The number of nitrogens with zero attached hydrogens (tertiary/aromatic N) is 2. The number of carbonyl (C=O) groups excluding carboxylic acids is 2. The maximum Gasteiger partial charge on any atom is 0.508 e. The van der Waals surface area contributed by atoms with Gasteiger partial charge in [0.25, 0.3) is 0 Å². The zero-order chi connectivity index (χ0) is 27.0. The fourth-order valence-corrected chi connectivity index (χ4v) is 5.29. The van der Waals surface area contributed by atoms with Gasteiger partial charge in [0.2, 0.25) is 5.91 Å². The van der Waals surface area contributed by atoms with Gasteiger partial charge in [-0.1, -0.05) is 24.3 Å². The van der Waals surface area contributed by atoms with E-state index in [-0.39, 0.29) is 41.5 Å². The molecule has 1 amide bonds. The molecule has 0 spiro atoms. The molecule has 1 aliphatic heterocycles. The minimum atomic E-state index is -3.27. The van der Waals surface area contributed by atoms with Crippen LogP contribution in [0.25, 0.3) is 0 Å². The van der Waals surface area contributed by atoms with E-state index >= 15 is 0 Å². The maximum atomic E-state index is 13.3. The smallest absolute Gasteiger partial charge is 0.438 e. The van der Waals surface area contributed by atoms with Crippen molar-refractivity contribution in [3.05, 3.63) is 65.5 Å². The van der Waals surface area contributed by atoms with Gasteiger partial charge in [0.1, 0.15) is 11.9 Å². The second-order valence-electron chi connectivity index (χ2n) is 9.25. The van der Waals surface area contributed by atoms with Crippen molar-refractivity contribution in [3.8, 4) is 0 Å². The molecule has 0 aromatic heterocycles. The minimum absolute atomic E-state index is 0. The van der Waals surface area contributed by atoms with Crippen molar-refractivity contribution >= 4 is 34.3 Å². The highest BCUT2D eigenvalue weighted by molar-refractivity contribution is 7.90. The van der Waals surface area contributed by atoms with E-state index < -0.39 is 22.1 Å².